The molecule has 0 heterocycles. The number of nitrogens with two attached hydrogens (primary N) is 1. The molecule has 3 aliphatic carbocycles. The van der Waals surface area contributed by atoms with Crippen molar-refractivity contribution in [1.29, 1.82) is 0 Å². The van der Waals surface area contributed by atoms with Crippen molar-refractivity contribution in [3.05, 3.63) is 43.2 Å². The Kier molecular flexibility index (Phi) is 5.63. The Morgan fingerprint density at radius 3 is 2.32 bits per heavy atom. The maximum atomic E-state index is 13.8. The van der Waals surface area contributed by atoms with Gasteiger partial charge in [-0.3, -0.25) is 19.3 Å². The van der Waals surface area contributed by atoms with Crippen LogP contribution in [-0.4, -0.2) is 79.7 Å². The topological polar surface area (TPSA) is 182 Å². The van der Waals surface area contributed by atoms with Crippen LogP contribution in [0.2, 0.25) is 0 Å². The second-order valence-corrected chi connectivity index (χ2v) is 10.5. The van der Waals surface area contributed by atoms with E-state index in [9.17, 15) is 39.9 Å². The number of aliphatic hydroxyl groups excluding tert-OH is 3. The van der Waals surface area contributed by atoms with Crippen molar-refractivity contribution in [2.24, 2.45) is 17.6 Å². The number of aromatic hydroxyl groups is 1. The Morgan fingerprint density at radius 2 is 1.79 bits per heavy atom. The molecule has 4 rings (SSSR count). The molecule has 182 valence electrons. The predicted octanol–water partition coefficient (Wildman–Crippen LogP) is 0.409. The van der Waals surface area contributed by atoms with Crippen molar-refractivity contribution in [1.82, 2.24) is 4.90 Å². The van der Waals surface area contributed by atoms with E-state index in [2.05, 4.69) is 0 Å². The monoisotopic (exact) mass is 584 g/mol. The molecule has 0 radical (unpaired) electrons. The number of phenolic OH excluding ortho intramolecular Hbond substituents is 1. The van der Waals surface area contributed by atoms with Crippen LogP contribution >= 0.6 is 22.6 Å². The summed E-state index contributed by atoms with van der Waals surface area (Å²) in [7, 11) is 2.93. The number of Topliss-reactive ketones (excluding diaryl/α,β-unsaturated/α-hetero) is 2. The van der Waals surface area contributed by atoms with Gasteiger partial charge in [-0.15, -0.1) is 0 Å². The number of primary amides is 1. The fraction of sp³-hybridized carbons (Fsp3) is 0.435. The van der Waals surface area contributed by atoms with Crippen molar-refractivity contribution in [2.45, 2.75) is 37.5 Å². The molecule has 0 unspecified atom stereocenters. The van der Waals surface area contributed by atoms with Crippen molar-refractivity contribution in [3.63, 3.8) is 0 Å². The van der Waals surface area contributed by atoms with E-state index in [1.165, 1.54) is 19.0 Å². The first-order valence-electron chi connectivity index (χ1n) is 10.5. The highest BCUT2D eigenvalue weighted by molar-refractivity contribution is 14.1. The van der Waals surface area contributed by atoms with E-state index >= 15 is 0 Å². The summed E-state index contributed by atoms with van der Waals surface area (Å²) in [6.45, 7) is 3.32. The fourth-order valence-corrected chi connectivity index (χ4v) is 7.06. The number of aryl methyl sites for hydroxylation is 1. The first kappa shape index (κ1) is 24.6. The molecule has 0 bridgehead atoms. The van der Waals surface area contributed by atoms with Crippen molar-refractivity contribution >= 4 is 45.8 Å². The second-order valence-electron chi connectivity index (χ2n) is 9.36. The number of ketones is 2. The van der Waals surface area contributed by atoms with Crippen LogP contribution in [0.1, 0.15) is 29.5 Å². The normalized spacial score (nSPS) is 33.1. The highest BCUT2D eigenvalue weighted by Crippen LogP contribution is 2.56. The number of likely N-dealkylation sites (N-methyl/N-ethyl adjacent to an activating group) is 1. The summed E-state index contributed by atoms with van der Waals surface area (Å²) in [5.74, 6) is -8.85. The number of carbonyl (C=O) groups is 3. The van der Waals surface area contributed by atoms with Gasteiger partial charge in [0.25, 0.3) is 5.91 Å². The van der Waals surface area contributed by atoms with Crippen molar-refractivity contribution < 1.29 is 39.9 Å². The SMILES string of the molecule is Cc1cc(I)c2c(c1O)C(O)=C1C(=O)[C@]3(O)C(O)=C(C(N)=O)C(=O)[C@@H](N(C)C)[C@@H]3[C@@H](O)[C@@H]1[C@H]2C. The molecule has 1 fully saturated rings. The van der Waals surface area contributed by atoms with Gasteiger partial charge in [-0.25, -0.2) is 0 Å². The Hall–Kier alpha value is -2.48. The van der Waals surface area contributed by atoms with Crippen LogP contribution in [0.5, 0.6) is 5.75 Å². The highest BCUT2D eigenvalue weighted by atomic mass is 127. The van der Waals surface area contributed by atoms with E-state index in [0.717, 1.165) is 0 Å². The van der Waals surface area contributed by atoms with Gasteiger partial charge in [0.15, 0.2) is 11.4 Å². The number of fused-ring (bicyclic) bond motifs is 3. The van der Waals surface area contributed by atoms with Crippen LogP contribution in [-0.2, 0) is 14.4 Å². The molecular formula is C23H25IN2O8. The van der Waals surface area contributed by atoms with E-state index in [1.807, 2.05) is 22.6 Å². The molecule has 1 aromatic rings. The number of carbonyl (C=O) groups excluding carboxylic acids is 3. The Labute approximate surface area is 208 Å². The van der Waals surface area contributed by atoms with Crippen LogP contribution in [0, 0.1) is 22.3 Å². The summed E-state index contributed by atoms with van der Waals surface area (Å²) in [4.78, 5) is 40.3. The number of aliphatic hydroxyl groups is 4. The number of halogens is 1. The number of benzene rings is 1. The largest absolute Gasteiger partial charge is 0.508 e. The number of hydrogen-bond acceptors (Lipinski definition) is 9. The number of rotatable bonds is 2. The minimum atomic E-state index is -2.91. The fourth-order valence-electron chi connectivity index (χ4n) is 5.83. The molecule has 0 aliphatic heterocycles. The molecule has 34 heavy (non-hydrogen) atoms. The van der Waals surface area contributed by atoms with Gasteiger partial charge >= 0.3 is 0 Å². The van der Waals surface area contributed by atoms with Gasteiger partial charge in [0.05, 0.1) is 23.6 Å². The van der Waals surface area contributed by atoms with Crippen LogP contribution in [0.15, 0.2) is 23.0 Å². The lowest BCUT2D eigenvalue weighted by Crippen LogP contribution is -2.70. The average molecular weight is 584 g/mol. The number of hydrogen-bond donors (Lipinski definition) is 6. The van der Waals surface area contributed by atoms with Crippen LogP contribution in [0.4, 0.5) is 0 Å². The maximum absolute atomic E-state index is 13.8. The first-order valence-corrected chi connectivity index (χ1v) is 11.6. The number of nitrogens with zero attached hydrogens (tertiary/aromatic N) is 1. The lowest BCUT2D eigenvalue weighted by atomic mass is 9.54. The van der Waals surface area contributed by atoms with Gasteiger partial charge in [-0.2, -0.15) is 0 Å². The minimum absolute atomic E-state index is 0.000361. The van der Waals surface area contributed by atoms with E-state index in [4.69, 9.17) is 5.73 Å². The Balaban J connectivity index is 2.10. The zero-order valence-electron chi connectivity index (χ0n) is 18.8. The van der Waals surface area contributed by atoms with Gasteiger partial charge < -0.3 is 31.3 Å². The maximum Gasteiger partial charge on any atom is 0.255 e. The molecule has 7 N–H and O–H groups in total. The smallest absolute Gasteiger partial charge is 0.255 e. The van der Waals surface area contributed by atoms with E-state index in [-0.39, 0.29) is 11.3 Å². The molecule has 1 amide bonds. The number of phenols is 1. The Bertz CT molecular complexity index is 1240. The van der Waals surface area contributed by atoms with Crippen molar-refractivity contribution in [2.75, 3.05) is 14.1 Å². The van der Waals surface area contributed by atoms with Gasteiger partial charge in [0, 0.05) is 15.1 Å². The van der Waals surface area contributed by atoms with Crippen LogP contribution < -0.4 is 5.73 Å². The lowest BCUT2D eigenvalue weighted by Gasteiger charge is -2.53. The molecule has 0 aromatic heterocycles. The zero-order valence-corrected chi connectivity index (χ0v) is 21.0. The molecule has 3 aliphatic rings. The second kappa shape index (κ2) is 7.77. The standard InChI is InChI=1S/C23H25IN2O8/c1-6-5-8(24)9-7(2)10-12(17(28)11(9)16(6)27)20(31)23(34)14(18(10)29)15(26(3)4)19(30)13(21(23)32)22(25)33/h5,7,10,14-15,18,27-29,32,34H,1-4H3,(H2,25,33)/t7-,10+,14+,15-,18-,23-/m0/s1. The van der Waals surface area contributed by atoms with Crippen molar-refractivity contribution in [3.8, 4) is 5.75 Å². The van der Waals surface area contributed by atoms with Crippen LogP contribution in [0.25, 0.3) is 5.76 Å². The summed E-state index contributed by atoms with van der Waals surface area (Å²) in [5, 5.41) is 55.9. The summed E-state index contributed by atoms with van der Waals surface area (Å²) >= 11 is 2.04. The highest BCUT2D eigenvalue weighted by Gasteiger charge is 2.68. The summed E-state index contributed by atoms with van der Waals surface area (Å²) in [5.41, 5.74) is 2.00. The molecule has 11 heteroatoms. The van der Waals surface area contributed by atoms with Crippen LogP contribution in [0.3, 0.4) is 0 Å². The first-order chi connectivity index (χ1) is 15.7. The third kappa shape index (κ3) is 2.87. The lowest BCUT2D eigenvalue weighted by molar-refractivity contribution is -0.169. The quantitative estimate of drug-likeness (QED) is 0.212. The van der Waals surface area contributed by atoms with Gasteiger partial charge in [0.1, 0.15) is 22.8 Å². The molecule has 1 saturated carbocycles. The third-order valence-corrected chi connectivity index (χ3v) is 8.26. The summed E-state index contributed by atoms with van der Waals surface area (Å²) in [6.07, 6.45) is -1.60. The minimum Gasteiger partial charge on any atom is -0.508 e. The predicted molar refractivity (Wildman–Crippen MR) is 128 cm³/mol. The molecule has 1 aromatic carbocycles. The Morgan fingerprint density at radius 1 is 1.21 bits per heavy atom. The zero-order chi connectivity index (χ0) is 25.6. The van der Waals surface area contributed by atoms with E-state index in [1.54, 1.807) is 19.9 Å². The average Bonchev–Trinajstić information content (AvgIpc) is 2.73. The third-order valence-electron chi connectivity index (χ3n) is 7.36. The molecule has 0 saturated heterocycles. The van der Waals surface area contributed by atoms with E-state index in [0.29, 0.717) is 14.7 Å². The molecular weight excluding hydrogens is 559 g/mol. The molecule has 10 nitrogen and oxygen atoms in total. The van der Waals surface area contributed by atoms with Gasteiger partial charge in [-0.05, 0) is 66.7 Å². The molecule has 6 atom stereocenters. The number of amides is 1. The molecule has 0 spiro atoms. The summed E-state index contributed by atoms with van der Waals surface area (Å²) < 4.78 is 0.684. The summed E-state index contributed by atoms with van der Waals surface area (Å²) in [6, 6.07) is 0.335. The van der Waals surface area contributed by atoms with E-state index < -0.39 is 75.6 Å². The van der Waals surface area contributed by atoms with Gasteiger partial charge in [-0.1, -0.05) is 6.92 Å². The van der Waals surface area contributed by atoms with Gasteiger partial charge in [0.2, 0.25) is 5.78 Å².